The Morgan fingerprint density at radius 3 is 3.11 bits per heavy atom. The number of rotatable bonds is 6. The van der Waals surface area contributed by atoms with Crippen LogP contribution in [0.4, 0.5) is 11.4 Å². The molecule has 1 aromatic carbocycles. The summed E-state index contributed by atoms with van der Waals surface area (Å²) in [5, 5.41) is 20.2. The van der Waals surface area contributed by atoms with E-state index in [0.717, 1.165) is 41.7 Å². The van der Waals surface area contributed by atoms with Gasteiger partial charge in [0.25, 0.3) is 0 Å². The number of nitrogens with two attached hydrogens (primary N) is 1. The Kier molecular flexibility index (Phi) is 4.04. The molecular weight excluding hydrogens is 228 g/mol. The largest absolute Gasteiger partial charge is 0.397 e. The molecular formula is C13H20N4O. The van der Waals surface area contributed by atoms with E-state index in [1.54, 1.807) is 6.20 Å². The lowest BCUT2D eigenvalue weighted by molar-refractivity contribution is 0.229. The maximum Gasteiger partial charge on any atom is 0.0672 e. The molecule has 5 heteroatoms. The van der Waals surface area contributed by atoms with Crippen LogP contribution in [0.15, 0.2) is 18.3 Å². The molecule has 18 heavy (non-hydrogen) atoms. The number of nitrogens with one attached hydrogen (secondary N) is 2. The van der Waals surface area contributed by atoms with Crippen molar-refractivity contribution in [1.29, 1.82) is 0 Å². The van der Waals surface area contributed by atoms with Gasteiger partial charge in [-0.15, -0.1) is 0 Å². The van der Waals surface area contributed by atoms with Gasteiger partial charge in [0.05, 0.1) is 23.1 Å². The van der Waals surface area contributed by atoms with E-state index < -0.39 is 0 Å². The maximum atomic E-state index is 8.94. The topological polar surface area (TPSA) is 87.0 Å². The van der Waals surface area contributed by atoms with Crippen molar-refractivity contribution in [2.75, 3.05) is 24.2 Å². The van der Waals surface area contributed by atoms with Gasteiger partial charge >= 0.3 is 0 Å². The Labute approximate surface area is 106 Å². The number of nitrogens with zero attached hydrogens (tertiary/aromatic N) is 1. The monoisotopic (exact) mass is 248 g/mol. The molecule has 0 fully saturated rings. The second-order valence-corrected chi connectivity index (χ2v) is 4.75. The molecule has 0 amide bonds. The highest BCUT2D eigenvalue weighted by molar-refractivity contribution is 5.88. The fourth-order valence-electron chi connectivity index (χ4n) is 1.93. The summed E-state index contributed by atoms with van der Waals surface area (Å²) >= 11 is 0. The summed E-state index contributed by atoms with van der Waals surface area (Å²) in [5.41, 5.74) is 8.62. The SMILES string of the molecule is CC(CO)CCCNc1cc2[nH]ncc2cc1N. The fraction of sp³-hybridized carbons (Fsp3) is 0.462. The Hall–Kier alpha value is -1.75. The first kappa shape index (κ1) is 12.7. The highest BCUT2D eigenvalue weighted by Crippen LogP contribution is 2.24. The Bertz CT molecular complexity index is 509. The molecule has 0 aliphatic heterocycles. The molecule has 98 valence electrons. The van der Waals surface area contributed by atoms with E-state index in [4.69, 9.17) is 10.8 Å². The molecule has 1 unspecified atom stereocenters. The van der Waals surface area contributed by atoms with Crippen molar-refractivity contribution in [3.63, 3.8) is 0 Å². The lowest BCUT2D eigenvalue weighted by Crippen LogP contribution is -2.07. The minimum Gasteiger partial charge on any atom is -0.397 e. The van der Waals surface area contributed by atoms with E-state index in [-0.39, 0.29) is 6.61 Å². The quantitative estimate of drug-likeness (QED) is 0.465. The number of fused-ring (bicyclic) bond motifs is 1. The van der Waals surface area contributed by atoms with Crippen molar-refractivity contribution >= 4 is 22.3 Å². The summed E-state index contributed by atoms with van der Waals surface area (Å²) in [4.78, 5) is 0. The van der Waals surface area contributed by atoms with Crippen LogP contribution in [0.25, 0.3) is 10.9 Å². The molecule has 1 heterocycles. The number of nitrogen functional groups attached to an aromatic ring is 1. The van der Waals surface area contributed by atoms with Crippen molar-refractivity contribution in [2.45, 2.75) is 19.8 Å². The van der Waals surface area contributed by atoms with Crippen LogP contribution < -0.4 is 11.1 Å². The van der Waals surface area contributed by atoms with E-state index in [1.807, 2.05) is 19.1 Å². The molecule has 2 aromatic rings. The van der Waals surface area contributed by atoms with Crippen LogP contribution in [0, 0.1) is 5.92 Å². The van der Waals surface area contributed by atoms with Crippen LogP contribution >= 0.6 is 0 Å². The van der Waals surface area contributed by atoms with E-state index in [9.17, 15) is 0 Å². The third-order valence-corrected chi connectivity index (χ3v) is 3.11. The summed E-state index contributed by atoms with van der Waals surface area (Å²) in [6.45, 7) is 3.15. The zero-order chi connectivity index (χ0) is 13.0. The van der Waals surface area contributed by atoms with Gasteiger partial charge in [0.2, 0.25) is 0 Å². The Morgan fingerprint density at radius 2 is 2.33 bits per heavy atom. The van der Waals surface area contributed by atoms with Crippen LogP contribution in [0.1, 0.15) is 19.8 Å². The highest BCUT2D eigenvalue weighted by Gasteiger charge is 2.04. The predicted octanol–water partition coefficient (Wildman–Crippen LogP) is 1.97. The summed E-state index contributed by atoms with van der Waals surface area (Å²) in [6.07, 6.45) is 3.79. The minimum atomic E-state index is 0.252. The van der Waals surface area contributed by atoms with Gasteiger partial charge < -0.3 is 16.2 Å². The van der Waals surface area contributed by atoms with E-state index in [2.05, 4.69) is 15.5 Å². The average molecular weight is 248 g/mol. The first-order valence-electron chi connectivity index (χ1n) is 6.28. The van der Waals surface area contributed by atoms with Gasteiger partial charge in [-0.2, -0.15) is 5.10 Å². The van der Waals surface area contributed by atoms with Crippen LogP contribution in [0.3, 0.4) is 0 Å². The first-order valence-corrected chi connectivity index (χ1v) is 6.28. The molecule has 0 bridgehead atoms. The van der Waals surface area contributed by atoms with E-state index in [0.29, 0.717) is 5.92 Å². The Morgan fingerprint density at radius 1 is 1.50 bits per heavy atom. The molecule has 1 atom stereocenters. The summed E-state index contributed by atoms with van der Waals surface area (Å²) in [6, 6.07) is 3.89. The maximum absolute atomic E-state index is 8.94. The average Bonchev–Trinajstić information content (AvgIpc) is 2.81. The highest BCUT2D eigenvalue weighted by atomic mass is 16.3. The summed E-state index contributed by atoms with van der Waals surface area (Å²) in [7, 11) is 0. The second-order valence-electron chi connectivity index (χ2n) is 4.75. The van der Waals surface area contributed by atoms with Gasteiger partial charge in [-0.05, 0) is 30.9 Å². The number of aliphatic hydroxyl groups excluding tert-OH is 1. The number of aromatic nitrogens is 2. The molecule has 5 N–H and O–H groups in total. The zero-order valence-electron chi connectivity index (χ0n) is 10.6. The Balaban J connectivity index is 1.92. The van der Waals surface area contributed by atoms with Crippen LogP contribution in [0.2, 0.25) is 0 Å². The van der Waals surface area contributed by atoms with Crippen LogP contribution in [0.5, 0.6) is 0 Å². The molecule has 0 saturated heterocycles. The summed E-state index contributed by atoms with van der Waals surface area (Å²) < 4.78 is 0. The van der Waals surface area contributed by atoms with E-state index >= 15 is 0 Å². The first-order chi connectivity index (χ1) is 8.70. The van der Waals surface area contributed by atoms with Crippen molar-refractivity contribution in [2.24, 2.45) is 5.92 Å². The number of aliphatic hydroxyl groups is 1. The van der Waals surface area contributed by atoms with Gasteiger partial charge in [0, 0.05) is 18.5 Å². The van der Waals surface area contributed by atoms with Gasteiger partial charge in [-0.3, -0.25) is 5.10 Å². The smallest absolute Gasteiger partial charge is 0.0672 e. The predicted molar refractivity (Wildman–Crippen MR) is 74.5 cm³/mol. The normalized spacial score (nSPS) is 12.8. The minimum absolute atomic E-state index is 0.252. The lowest BCUT2D eigenvalue weighted by atomic mass is 10.1. The van der Waals surface area contributed by atoms with Crippen molar-refractivity contribution in [1.82, 2.24) is 10.2 Å². The molecule has 5 nitrogen and oxygen atoms in total. The second kappa shape index (κ2) is 5.73. The van der Waals surface area contributed by atoms with Crippen molar-refractivity contribution in [3.8, 4) is 0 Å². The van der Waals surface area contributed by atoms with E-state index in [1.165, 1.54) is 0 Å². The number of hydrogen-bond donors (Lipinski definition) is 4. The molecule has 0 radical (unpaired) electrons. The molecule has 1 aromatic heterocycles. The zero-order valence-corrected chi connectivity index (χ0v) is 10.6. The van der Waals surface area contributed by atoms with Crippen molar-refractivity contribution < 1.29 is 5.11 Å². The van der Waals surface area contributed by atoms with Gasteiger partial charge in [-0.25, -0.2) is 0 Å². The summed E-state index contributed by atoms with van der Waals surface area (Å²) in [5.74, 6) is 0.360. The van der Waals surface area contributed by atoms with Crippen LogP contribution in [-0.4, -0.2) is 28.5 Å². The number of anilines is 2. The number of H-pyrrole nitrogens is 1. The standard InChI is InChI=1S/C13H20N4O/c1-9(8-18)3-2-4-15-13-6-12-10(5-11(13)14)7-16-17-12/h5-7,9,15,18H,2-4,8,14H2,1H3,(H,16,17). The van der Waals surface area contributed by atoms with Crippen LogP contribution in [-0.2, 0) is 0 Å². The molecule has 2 rings (SSSR count). The number of hydrogen-bond acceptors (Lipinski definition) is 4. The molecule has 0 aliphatic carbocycles. The van der Waals surface area contributed by atoms with Crippen molar-refractivity contribution in [3.05, 3.63) is 18.3 Å². The lowest BCUT2D eigenvalue weighted by Gasteiger charge is -2.11. The van der Waals surface area contributed by atoms with Gasteiger partial charge in [-0.1, -0.05) is 6.92 Å². The number of benzene rings is 1. The number of aromatic amines is 1. The molecule has 0 aliphatic rings. The van der Waals surface area contributed by atoms with Gasteiger partial charge in [0.15, 0.2) is 0 Å². The molecule has 0 spiro atoms. The molecule has 0 saturated carbocycles. The third kappa shape index (κ3) is 2.92. The third-order valence-electron chi connectivity index (χ3n) is 3.11. The fourth-order valence-corrected chi connectivity index (χ4v) is 1.93. The van der Waals surface area contributed by atoms with Gasteiger partial charge in [0.1, 0.15) is 0 Å².